The summed E-state index contributed by atoms with van der Waals surface area (Å²) in [5.41, 5.74) is 3.40. The van der Waals surface area contributed by atoms with Crippen molar-refractivity contribution in [3.8, 4) is 0 Å². The second-order valence-electron chi connectivity index (χ2n) is 4.56. The molecule has 19 heavy (non-hydrogen) atoms. The highest BCUT2D eigenvalue weighted by Gasteiger charge is 2.08. The first-order valence-corrected chi connectivity index (χ1v) is 6.59. The highest BCUT2D eigenvalue weighted by atomic mass is 35.5. The molecular formula is C15H18ClN3. The van der Waals surface area contributed by atoms with Crippen molar-refractivity contribution in [2.45, 2.75) is 13.5 Å². The maximum atomic E-state index is 6.13. The molecule has 0 bridgehead atoms. The average Bonchev–Trinajstić information content (AvgIpc) is 2.41. The van der Waals surface area contributed by atoms with Crippen LogP contribution in [0.1, 0.15) is 11.1 Å². The number of hydrogen-bond donors (Lipinski definition) is 1. The fraction of sp³-hybridized carbons (Fsp3) is 0.267. The predicted octanol–water partition coefficient (Wildman–Crippen LogP) is 3.53. The molecule has 2 rings (SSSR count). The van der Waals surface area contributed by atoms with E-state index in [1.807, 2.05) is 26.2 Å². The van der Waals surface area contributed by atoms with E-state index in [-0.39, 0.29) is 0 Å². The topological polar surface area (TPSA) is 28.2 Å². The number of anilines is 2. The normalized spacial score (nSPS) is 10.5. The molecule has 0 saturated carbocycles. The Morgan fingerprint density at radius 2 is 2.11 bits per heavy atom. The predicted molar refractivity (Wildman–Crippen MR) is 81.3 cm³/mol. The molecule has 100 valence electrons. The van der Waals surface area contributed by atoms with Gasteiger partial charge in [0.25, 0.3) is 0 Å². The lowest BCUT2D eigenvalue weighted by Gasteiger charge is -2.20. The van der Waals surface area contributed by atoms with Gasteiger partial charge in [-0.2, -0.15) is 0 Å². The molecule has 0 fully saturated rings. The fourth-order valence-electron chi connectivity index (χ4n) is 1.95. The molecular weight excluding hydrogens is 258 g/mol. The summed E-state index contributed by atoms with van der Waals surface area (Å²) in [7, 11) is 3.91. The SMILES string of the molecule is CNCc1cc(N(C)c2cccc(C)c2)ncc1Cl. The van der Waals surface area contributed by atoms with Gasteiger partial charge in [-0.15, -0.1) is 0 Å². The highest BCUT2D eigenvalue weighted by Crippen LogP contribution is 2.25. The van der Waals surface area contributed by atoms with Crippen LogP contribution in [0.4, 0.5) is 11.5 Å². The molecule has 1 aromatic heterocycles. The lowest BCUT2D eigenvalue weighted by atomic mass is 10.2. The van der Waals surface area contributed by atoms with Crippen LogP contribution in [-0.2, 0) is 6.54 Å². The Kier molecular flexibility index (Phi) is 4.40. The first-order chi connectivity index (χ1) is 9.11. The van der Waals surface area contributed by atoms with Crippen molar-refractivity contribution in [3.63, 3.8) is 0 Å². The number of pyridine rings is 1. The Morgan fingerprint density at radius 3 is 2.79 bits per heavy atom. The van der Waals surface area contributed by atoms with Crippen molar-refractivity contribution in [1.82, 2.24) is 10.3 Å². The van der Waals surface area contributed by atoms with Crippen LogP contribution in [0.25, 0.3) is 0 Å². The molecule has 2 aromatic rings. The van der Waals surface area contributed by atoms with Gasteiger partial charge in [0.2, 0.25) is 0 Å². The summed E-state index contributed by atoms with van der Waals surface area (Å²) in [5, 5.41) is 3.80. The number of rotatable bonds is 4. The Morgan fingerprint density at radius 1 is 1.32 bits per heavy atom. The average molecular weight is 276 g/mol. The highest BCUT2D eigenvalue weighted by molar-refractivity contribution is 6.31. The molecule has 0 unspecified atom stereocenters. The van der Waals surface area contributed by atoms with Crippen LogP contribution < -0.4 is 10.2 Å². The van der Waals surface area contributed by atoms with E-state index in [4.69, 9.17) is 11.6 Å². The Balaban J connectivity index is 2.33. The van der Waals surface area contributed by atoms with E-state index in [1.165, 1.54) is 5.56 Å². The molecule has 4 heteroatoms. The smallest absolute Gasteiger partial charge is 0.133 e. The third-order valence-electron chi connectivity index (χ3n) is 3.02. The number of benzene rings is 1. The molecule has 0 atom stereocenters. The van der Waals surface area contributed by atoms with Gasteiger partial charge in [-0.05, 0) is 43.3 Å². The minimum Gasteiger partial charge on any atom is -0.329 e. The van der Waals surface area contributed by atoms with Gasteiger partial charge in [0.15, 0.2) is 0 Å². The second-order valence-corrected chi connectivity index (χ2v) is 4.97. The largest absolute Gasteiger partial charge is 0.329 e. The number of aromatic nitrogens is 1. The van der Waals surface area contributed by atoms with Gasteiger partial charge in [-0.1, -0.05) is 23.7 Å². The zero-order chi connectivity index (χ0) is 13.8. The van der Waals surface area contributed by atoms with Gasteiger partial charge >= 0.3 is 0 Å². The second kappa shape index (κ2) is 6.04. The zero-order valence-electron chi connectivity index (χ0n) is 11.4. The lowest BCUT2D eigenvalue weighted by molar-refractivity contribution is 0.815. The number of aryl methyl sites for hydroxylation is 1. The van der Waals surface area contributed by atoms with Gasteiger partial charge in [-0.3, -0.25) is 0 Å². The molecule has 1 N–H and O–H groups in total. The van der Waals surface area contributed by atoms with Gasteiger partial charge in [0, 0.05) is 25.5 Å². The van der Waals surface area contributed by atoms with E-state index < -0.39 is 0 Å². The van der Waals surface area contributed by atoms with Crippen LogP contribution in [-0.4, -0.2) is 19.1 Å². The summed E-state index contributed by atoms with van der Waals surface area (Å²) in [6.07, 6.45) is 1.70. The molecule has 1 heterocycles. The van der Waals surface area contributed by atoms with Crippen molar-refractivity contribution >= 4 is 23.1 Å². The Bertz CT molecular complexity index is 569. The van der Waals surface area contributed by atoms with Crippen LogP contribution in [0.3, 0.4) is 0 Å². The first kappa shape index (κ1) is 13.8. The van der Waals surface area contributed by atoms with E-state index in [0.717, 1.165) is 23.6 Å². The van der Waals surface area contributed by atoms with E-state index >= 15 is 0 Å². The number of nitrogens with one attached hydrogen (secondary N) is 1. The molecule has 0 amide bonds. The van der Waals surface area contributed by atoms with Crippen LogP contribution in [0, 0.1) is 6.92 Å². The van der Waals surface area contributed by atoms with Crippen molar-refractivity contribution in [1.29, 1.82) is 0 Å². The molecule has 0 radical (unpaired) electrons. The third kappa shape index (κ3) is 3.25. The molecule has 1 aromatic carbocycles. The summed E-state index contributed by atoms with van der Waals surface area (Å²) in [6.45, 7) is 2.81. The minimum absolute atomic E-state index is 0.691. The van der Waals surface area contributed by atoms with Gasteiger partial charge in [0.05, 0.1) is 5.02 Å². The van der Waals surface area contributed by atoms with Gasteiger partial charge < -0.3 is 10.2 Å². The number of hydrogen-bond acceptors (Lipinski definition) is 3. The van der Waals surface area contributed by atoms with Crippen LogP contribution in [0.2, 0.25) is 5.02 Å². The standard InChI is InChI=1S/C15H18ClN3/c1-11-5-4-6-13(7-11)19(3)15-8-12(9-17-2)14(16)10-18-15/h4-8,10,17H,9H2,1-3H3. The van der Waals surface area contributed by atoms with Gasteiger partial charge in [-0.25, -0.2) is 4.98 Å². The van der Waals surface area contributed by atoms with Crippen molar-refractivity contribution < 1.29 is 0 Å². The summed E-state index contributed by atoms with van der Waals surface area (Å²) in [4.78, 5) is 6.45. The van der Waals surface area contributed by atoms with Crippen LogP contribution >= 0.6 is 11.6 Å². The van der Waals surface area contributed by atoms with Crippen molar-refractivity contribution in [2.75, 3.05) is 19.0 Å². The molecule has 3 nitrogen and oxygen atoms in total. The van der Waals surface area contributed by atoms with E-state index in [0.29, 0.717) is 5.02 Å². The maximum Gasteiger partial charge on any atom is 0.133 e. The quantitative estimate of drug-likeness (QED) is 0.925. The van der Waals surface area contributed by atoms with E-state index in [1.54, 1.807) is 6.20 Å². The fourth-order valence-corrected chi connectivity index (χ4v) is 2.12. The molecule has 0 saturated heterocycles. The molecule has 0 aliphatic carbocycles. The number of halogens is 1. The minimum atomic E-state index is 0.691. The third-order valence-corrected chi connectivity index (χ3v) is 3.36. The summed E-state index contributed by atoms with van der Waals surface area (Å²) >= 11 is 6.13. The van der Waals surface area contributed by atoms with E-state index in [9.17, 15) is 0 Å². The van der Waals surface area contributed by atoms with Crippen LogP contribution in [0.5, 0.6) is 0 Å². The Hall–Kier alpha value is -1.58. The first-order valence-electron chi connectivity index (χ1n) is 6.21. The van der Waals surface area contributed by atoms with E-state index in [2.05, 4.69) is 40.3 Å². The molecule has 0 aliphatic heterocycles. The summed E-state index contributed by atoms with van der Waals surface area (Å²) in [5.74, 6) is 0.889. The zero-order valence-corrected chi connectivity index (χ0v) is 12.2. The monoisotopic (exact) mass is 275 g/mol. The summed E-state index contributed by atoms with van der Waals surface area (Å²) < 4.78 is 0. The maximum absolute atomic E-state index is 6.13. The molecule has 0 spiro atoms. The van der Waals surface area contributed by atoms with Crippen molar-refractivity contribution in [2.24, 2.45) is 0 Å². The number of nitrogens with zero attached hydrogens (tertiary/aromatic N) is 2. The Labute approximate surface area is 119 Å². The summed E-state index contributed by atoms with van der Waals surface area (Å²) in [6, 6.07) is 10.3. The van der Waals surface area contributed by atoms with Crippen LogP contribution in [0.15, 0.2) is 36.5 Å². The lowest BCUT2D eigenvalue weighted by Crippen LogP contribution is -2.13. The van der Waals surface area contributed by atoms with Crippen molar-refractivity contribution in [3.05, 3.63) is 52.7 Å². The molecule has 0 aliphatic rings. The van der Waals surface area contributed by atoms with Gasteiger partial charge in [0.1, 0.15) is 5.82 Å².